The van der Waals surface area contributed by atoms with Crippen molar-refractivity contribution in [3.63, 3.8) is 0 Å². The molecule has 4 rings (SSSR count). The Kier molecular flexibility index (Phi) is 9.16. The zero-order chi connectivity index (χ0) is 28.6. The predicted molar refractivity (Wildman–Crippen MR) is 153 cm³/mol. The summed E-state index contributed by atoms with van der Waals surface area (Å²) in [4.78, 5) is 23.7. The van der Waals surface area contributed by atoms with Gasteiger partial charge in [-0.05, 0) is 78.6 Å². The molecular weight excluding hydrogens is 508 g/mol. The quantitative estimate of drug-likeness (QED) is 0.197. The standard InChI is InChI=1S/C31H34N4O5/c1-5-20(31(37)38)18-32-28(36)22-10-14-25(15-11-22)33-27(19(2)3)21-6-8-23(9-7-21)29-34-35-30(40-29)24-12-16-26(39-4)17-13-24/h6-17,19-20,27,33H,5,18H2,1-4H3,(H,32,36)(H,37,38). The maximum atomic E-state index is 12.5. The average Bonchev–Trinajstić information content (AvgIpc) is 3.47. The van der Waals surface area contributed by atoms with E-state index in [0.29, 0.717) is 23.8 Å². The molecule has 0 aliphatic carbocycles. The fourth-order valence-corrected chi connectivity index (χ4v) is 4.28. The SMILES string of the molecule is CCC(CNC(=O)c1ccc(NC(c2ccc(-c3nnc(-c4ccc(OC)cc4)o3)cc2)C(C)C)cc1)C(=O)O. The molecule has 3 N–H and O–H groups in total. The van der Waals surface area contributed by atoms with Gasteiger partial charge in [0.15, 0.2) is 0 Å². The number of anilines is 1. The van der Waals surface area contributed by atoms with Crippen molar-refractivity contribution in [3.8, 4) is 28.7 Å². The Hall–Kier alpha value is -4.66. The van der Waals surface area contributed by atoms with Crippen LogP contribution in [-0.4, -0.2) is 40.8 Å². The molecule has 0 bridgehead atoms. The Labute approximate surface area is 233 Å². The number of aliphatic carboxylic acids is 1. The van der Waals surface area contributed by atoms with Crippen LogP contribution in [0.1, 0.15) is 49.2 Å². The van der Waals surface area contributed by atoms with Crippen molar-refractivity contribution in [1.29, 1.82) is 0 Å². The van der Waals surface area contributed by atoms with Crippen LogP contribution < -0.4 is 15.4 Å². The summed E-state index contributed by atoms with van der Waals surface area (Å²) in [7, 11) is 1.62. The van der Waals surface area contributed by atoms with Crippen molar-refractivity contribution in [3.05, 3.63) is 83.9 Å². The minimum Gasteiger partial charge on any atom is -0.497 e. The third kappa shape index (κ3) is 6.85. The zero-order valence-corrected chi connectivity index (χ0v) is 23.0. The molecule has 40 heavy (non-hydrogen) atoms. The predicted octanol–water partition coefficient (Wildman–Crippen LogP) is 6.06. The van der Waals surface area contributed by atoms with Crippen LogP contribution >= 0.6 is 0 Å². The van der Waals surface area contributed by atoms with E-state index in [4.69, 9.17) is 9.15 Å². The lowest BCUT2D eigenvalue weighted by Crippen LogP contribution is -2.32. The van der Waals surface area contributed by atoms with Gasteiger partial charge in [-0.3, -0.25) is 9.59 Å². The number of ether oxygens (including phenoxy) is 1. The van der Waals surface area contributed by atoms with Crippen LogP contribution in [0.25, 0.3) is 22.9 Å². The Morgan fingerprint density at radius 2 is 1.48 bits per heavy atom. The van der Waals surface area contributed by atoms with Crippen molar-refractivity contribution >= 4 is 17.6 Å². The fourth-order valence-electron chi connectivity index (χ4n) is 4.28. The van der Waals surface area contributed by atoms with E-state index in [0.717, 1.165) is 28.1 Å². The summed E-state index contributed by atoms with van der Waals surface area (Å²) in [5.41, 5.74) is 4.08. The largest absolute Gasteiger partial charge is 0.497 e. The summed E-state index contributed by atoms with van der Waals surface area (Å²) in [5, 5.41) is 23.8. The van der Waals surface area contributed by atoms with Gasteiger partial charge in [0.1, 0.15) is 5.75 Å². The zero-order valence-electron chi connectivity index (χ0n) is 23.0. The second kappa shape index (κ2) is 12.9. The highest BCUT2D eigenvalue weighted by Gasteiger charge is 2.19. The normalized spacial score (nSPS) is 12.5. The third-order valence-electron chi connectivity index (χ3n) is 6.77. The van der Waals surface area contributed by atoms with Crippen LogP contribution in [0.2, 0.25) is 0 Å². The molecule has 2 unspecified atom stereocenters. The van der Waals surface area contributed by atoms with E-state index in [9.17, 15) is 14.7 Å². The average molecular weight is 543 g/mol. The summed E-state index contributed by atoms with van der Waals surface area (Å²) in [6.07, 6.45) is 0.454. The molecule has 4 aromatic rings. The lowest BCUT2D eigenvalue weighted by atomic mass is 9.94. The molecule has 3 aromatic carbocycles. The Morgan fingerprint density at radius 3 is 1.98 bits per heavy atom. The van der Waals surface area contributed by atoms with Gasteiger partial charge in [0.2, 0.25) is 11.8 Å². The number of benzene rings is 3. The monoisotopic (exact) mass is 542 g/mol. The fraction of sp³-hybridized carbons (Fsp3) is 0.290. The number of amides is 1. The van der Waals surface area contributed by atoms with E-state index in [1.807, 2.05) is 60.7 Å². The van der Waals surface area contributed by atoms with Crippen LogP contribution in [0.4, 0.5) is 5.69 Å². The van der Waals surface area contributed by atoms with E-state index < -0.39 is 11.9 Å². The molecule has 9 heteroatoms. The smallest absolute Gasteiger partial charge is 0.308 e. The molecule has 0 saturated heterocycles. The molecule has 2 atom stereocenters. The molecule has 9 nitrogen and oxygen atoms in total. The summed E-state index contributed by atoms with van der Waals surface area (Å²) in [5.74, 6) is 0.108. The van der Waals surface area contributed by atoms with Gasteiger partial charge in [-0.15, -0.1) is 10.2 Å². The van der Waals surface area contributed by atoms with E-state index >= 15 is 0 Å². The van der Waals surface area contributed by atoms with Gasteiger partial charge in [0, 0.05) is 28.9 Å². The van der Waals surface area contributed by atoms with E-state index in [1.54, 1.807) is 26.2 Å². The lowest BCUT2D eigenvalue weighted by Gasteiger charge is -2.24. The number of carbonyl (C=O) groups excluding carboxylic acids is 1. The van der Waals surface area contributed by atoms with E-state index in [1.165, 1.54) is 0 Å². The lowest BCUT2D eigenvalue weighted by molar-refractivity contribution is -0.141. The van der Waals surface area contributed by atoms with Gasteiger partial charge in [-0.1, -0.05) is 32.9 Å². The number of hydrogen-bond donors (Lipinski definition) is 3. The number of rotatable bonds is 12. The number of nitrogens with one attached hydrogen (secondary N) is 2. The number of hydrogen-bond acceptors (Lipinski definition) is 7. The maximum absolute atomic E-state index is 12.5. The molecule has 0 saturated carbocycles. The first-order valence-corrected chi connectivity index (χ1v) is 13.2. The molecule has 0 aliphatic rings. The Bertz CT molecular complexity index is 1410. The Morgan fingerprint density at radius 1 is 0.900 bits per heavy atom. The number of carboxylic acid groups (broad SMARTS) is 1. The first-order valence-electron chi connectivity index (χ1n) is 13.2. The van der Waals surface area contributed by atoms with Crippen molar-refractivity contribution in [1.82, 2.24) is 15.5 Å². The van der Waals surface area contributed by atoms with Crippen LogP contribution in [0.3, 0.4) is 0 Å². The molecule has 1 heterocycles. The third-order valence-corrected chi connectivity index (χ3v) is 6.77. The van der Waals surface area contributed by atoms with Gasteiger partial charge in [-0.25, -0.2) is 0 Å². The minimum atomic E-state index is -0.912. The number of nitrogens with zero attached hydrogens (tertiary/aromatic N) is 2. The highest BCUT2D eigenvalue weighted by molar-refractivity contribution is 5.94. The van der Waals surface area contributed by atoms with Crippen LogP contribution in [-0.2, 0) is 4.79 Å². The maximum Gasteiger partial charge on any atom is 0.308 e. The number of aromatic nitrogens is 2. The van der Waals surface area contributed by atoms with Gasteiger partial charge >= 0.3 is 5.97 Å². The highest BCUT2D eigenvalue weighted by Crippen LogP contribution is 2.30. The highest BCUT2D eigenvalue weighted by atomic mass is 16.5. The van der Waals surface area contributed by atoms with Gasteiger partial charge in [0.05, 0.1) is 19.1 Å². The van der Waals surface area contributed by atoms with Crippen molar-refractivity contribution in [2.75, 3.05) is 19.0 Å². The molecule has 0 fully saturated rings. The second-order valence-corrected chi connectivity index (χ2v) is 9.86. The molecule has 0 aliphatic heterocycles. The van der Waals surface area contributed by atoms with Gasteiger partial charge in [-0.2, -0.15) is 0 Å². The first kappa shape index (κ1) is 28.4. The summed E-state index contributed by atoms with van der Waals surface area (Å²) in [6, 6.07) is 22.6. The van der Waals surface area contributed by atoms with Crippen LogP contribution in [0.5, 0.6) is 5.75 Å². The number of methoxy groups -OCH3 is 1. The van der Waals surface area contributed by atoms with Crippen molar-refractivity contribution in [2.45, 2.75) is 33.2 Å². The molecule has 0 radical (unpaired) electrons. The Balaban J connectivity index is 1.41. The van der Waals surface area contributed by atoms with Crippen molar-refractivity contribution in [2.24, 2.45) is 11.8 Å². The van der Waals surface area contributed by atoms with Crippen molar-refractivity contribution < 1.29 is 23.8 Å². The summed E-state index contributed by atoms with van der Waals surface area (Å²) < 4.78 is 11.1. The second-order valence-electron chi connectivity index (χ2n) is 9.86. The summed E-state index contributed by atoms with van der Waals surface area (Å²) in [6.45, 7) is 6.16. The minimum absolute atomic E-state index is 0.0205. The molecular formula is C31H34N4O5. The van der Waals surface area contributed by atoms with E-state index in [-0.39, 0.29) is 24.4 Å². The molecule has 0 spiro atoms. The van der Waals surface area contributed by atoms with Gasteiger partial charge in [0.25, 0.3) is 5.91 Å². The molecule has 1 aromatic heterocycles. The molecule has 1 amide bonds. The summed E-state index contributed by atoms with van der Waals surface area (Å²) >= 11 is 0. The van der Waals surface area contributed by atoms with E-state index in [2.05, 4.69) is 34.7 Å². The van der Waals surface area contributed by atoms with Gasteiger partial charge < -0.3 is 24.9 Å². The molecule has 208 valence electrons. The number of carbonyl (C=O) groups is 2. The topological polar surface area (TPSA) is 127 Å². The van der Waals surface area contributed by atoms with Crippen LogP contribution in [0, 0.1) is 11.8 Å². The van der Waals surface area contributed by atoms with Crippen LogP contribution in [0.15, 0.2) is 77.2 Å². The number of carboxylic acids is 1. The first-order chi connectivity index (χ1) is 19.3.